The number of hydrogen-bond acceptors (Lipinski definition) is 4. The first-order valence-corrected chi connectivity index (χ1v) is 14.1. The Kier molecular flexibility index (Phi) is 7.58. The summed E-state index contributed by atoms with van der Waals surface area (Å²) in [4.78, 5) is 1.42. The van der Waals surface area contributed by atoms with Crippen molar-refractivity contribution < 1.29 is 13.7 Å². The van der Waals surface area contributed by atoms with Gasteiger partial charge in [0.1, 0.15) is 0 Å². The second-order valence-electron chi connectivity index (χ2n) is 10.4. The van der Waals surface area contributed by atoms with Crippen LogP contribution in [0.15, 0.2) is 12.1 Å². The van der Waals surface area contributed by atoms with Gasteiger partial charge in [0.25, 0.3) is 0 Å². The normalized spacial score (nSPS) is 21.1. The number of aryl methyl sites for hydroxylation is 1. The van der Waals surface area contributed by atoms with Crippen molar-refractivity contribution >= 4 is 31.5 Å². The van der Waals surface area contributed by atoms with Crippen molar-refractivity contribution in [3.63, 3.8) is 0 Å². The molecular formula is C22H40BO3SSi+. The first-order valence-electron chi connectivity index (χ1n) is 10.7. The van der Waals surface area contributed by atoms with Gasteiger partial charge in [-0.15, -0.1) is 11.3 Å². The standard InChI is InChI=1S/C22H40BO3SSi/c1-20(2,3)28(8,9)24-17-13-11-10-12-14-18-15-16-19(27-18)23-25-21(4,5)22(6,7)26-23/h15-16H,8,10-14,17H2,1-7,9H3/q+1. The highest BCUT2D eigenvalue weighted by Crippen LogP contribution is 2.37. The Morgan fingerprint density at radius 1 is 1.04 bits per heavy atom. The van der Waals surface area contributed by atoms with Crippen LogP contribution in [-0.2, 0) is 20.2 Å². The lowest BCUT2D eigenvalue weighted by atomic mass is 9.88. The van der Waals surface area contributed by atoms with Crippen LogP contribution in [0.2, 0.25) is 11.6 Å². The molecule has 1 aromatic rings. The maximum absolute atomic E-state index is 6.16. The van der Waals surface area contributed by atoms with Crippen molar-refractivity contribution in [1.82, 2.24) is 0 Å². The van der Waals surface area contributed by atoms with Crippen LogP contribution in [0.3, 0.4) is 0 Å². The lowest BCUT2D eigenvalue weighted by Crippen LogP contribution is -2.41. The van der Waals surface area contributed by atoms with Gasteiger partial charge in [-0.1, -0.05) is 39.7 Å². The first kappa shape index (κ1) is 24.0. The third-order valence-electron chi connectivity index (χ3n) is 6.49. The van der Waals surface area contributed by atoms with E-state index >= 15 is 0 Å². The van der Waals surface area contributed by atoms with E-state index in [1.165, 1.54) is 28.9 Å². The van der Waals surface area contributed by atoms with E-state index in [0.717, 1.165) is 19.4 Å². The Morgan fingerprint density at radius 2 is 1.61 bits per heavy atom. The molecule has 0 saturated carbocycles. The molecule has 1 fully saturated rings. The summed E-state index contributed by atoms with van der Waals surface area (Å²) in [6.45, 7) is 22.6. The molecule has 158 valence electrons. The van der Waals surface area contributed by atoms with E-state index in [4.69, 9.17) is 13.7 Å². The predicted octanol–water partition coefficient (Wildman–Crippen LogP) is 5.92. The lowest BCUT2D eigenvalue weighted by molar-refractivity contribution is 0.00578. The summed E-state index contributed by atoms with van der Waals surface area (Å²) in [7, 11) is -2.06. The molecule has 1 aliphatic rings. The van der Waals surface area contributed by atoms with Gasteiger partial charge in [0.15, 0.2) is 0 Å². The van der Waals surface area contributed by atoms with E-state index in [2.05, 4.69) is 73.7 Å². The molecule has 0 aromatic carbocycles. The average Bonchev–Trinajstić information content (AvgIpc) is 3.08. The molecule has 1 unspecified atom stereocenters. The van der Waals surface area contributed by atoms with Crippen LogP contribution in [-0.4, -0.2) is 33.2 Å². The SMILES string of the molecule is [CH2+][Si](C)(OCCCCCCc1ccc(B2OC(C)(C)C(C)(C)O2)s1)C(C)(C)C. The van der Waals surface area contributed by atoms with Gasteiger partial charge < -0.3 is 13.7 Å². The van der Waals surface area contributed by atoms with Crippen LogP contribution in [0, 0.1) is 6.55 Å². The number of rotatable bonds is 9. The van der Waals surface area contributed by atoms with E-state index in [9.17, 15) is 0 Å². The summed E-state index contributed by atoms with van der Waals surface area (Å²) in [5.41, 5.74) is -0.548. The van der Waals surface area contributed by atoms with Gasteiger partial charge in [0.2, 0.25) is 0 Å². The monoisotopic (exact) mass is 423 g/mol. The van der Waals surface area contributed by atoms with Crippen LogP contribution in [0.1, 0.15) is 79.0 Å². The molecule has 1 saturated heterocycles. The summed E-state index contributed by atoms with van der Waals surface area (Å²) in [6, 6.07) is 4.40. The van der Waals surface area contributed by atoms with E-state index in [0.29, 0.717) is 0 Å². The van der Waals surface area contributed by atoms with E-state index in [1.807, 2.05) is 11.3 Å². The number of unbranched alkanes of at least 4 members (excludes halogenated alkanes) is 3. The third kappa shape index (κ3) is 5.88. The van der Waals surface area contributed by atoms with Crippen molar-refractivity contribution in [3.8, 4) is 0 Å². The Bertz CT molecular complexity index is 618. The summed E-state index contributed by atoms with van der Waals surface area (Å²) in [5, 5.41) is 0.195. The molecule has 0 amide bonds. The smallest absolute Gasteiger partial charge is 0.399 e. The molecule has 1 aliphatic heterocycles. The van der Waals surface area contributed by atoms with Crippen molar-refractivity contribution in [3.05, 3.63) is 23.6 Å². The van der Waals surface area contributed by atoms with E-state index in [-0.39, 0.29) is 23.4 Å². The Balaban J connectivity index is 1.66. The molecule has 6 heteroatoms. The summed E-state index contributed by atoms with van der Waals surface area (Å²) in [6.07, 6.45) is 5.97. The maximum Gasteiger partial charge on any atom is 0.505 e. The molecule has 28 heavy (non-hydrogen) atoms. The lowest BCUT2D eigenvalue weighted by Gasteiger charge is -2.32. The maximum atomic E-state index is 6.16. The highest BCUT2D eigenvalue weighted by Gasteiger charge is 2.52. The van der Waals surface area contributed by atoms with Crippen LogP contribution < -0.4 is 4.78 Å². The molecule has 0 spiro atoms. The summed E-state index contributed by atoms with van der Waals surface area (Å²) < 4.78 is 19.7. The first-order chi connectivity index (χ1) is 12.8. The third-order valence-corrected chi connectivity index (χ3v) is 11.7. The molecule has 0 bridgehead atoms. The van der Waals surface area contributed by atoms with Gasteiger partial charge in [-0.05, 0) is 59.6 Å². The molecule has 3 nitrogen and oxygen atoms in total. The highest BCUT2D eigenvalue weighted by molar-refractivity contribution is 7.22. The molecule has 0 N–H and O–H groups in total. The fraction of sp³-hybridized carbons (Fsp3) is 0.773. The Hall–Kier alpha value is -0.268. The number of hydrogen-bond donors (Lipinski definition) is 0. The zero-order chi connectivity index (χ0) is 21.2. The largest absolute Gasteiger partial charge is 0.505 e. The molecule has 1 aromatic heterocycles. The minimum Gasteiger partial charge on any atom is -0.399 e. The van der Waals surface area contributed by atoms with Crippen LogP contribution in [0.4, 0.5) is 0 Å². The molecule has 1 atom stereocenters. The van der Waals surface area contributed by atoms with Gasteiger partial charge in [0.05, 0.1) is 11.2 Å². The average molecular weight is 424 g/mol. The van der Waals surface area contributed by atoms with Crippen LogP contribution in [0.5, 0.6) is 0 Å². The molecule has 0 aliphatic carbocycles. The molecular weight excluding hydrogens is 383 g/mol. The van der Waals surface area contributed by atoms with Gasteiger partial charge in [0, 0.05) is 27.8 Å². The molecule has 2 heterocycles. The Morgan fingerprint density at radius 3 is 2.18 bits per heavy atom. The predicted molar refractivity (Wildman–Crippen MR) is 125 cm³/mol. The van der Waals surface area contributed by atoms with Crippen molar-refractivity contribution in [1.29, 1.82) is 0 Å². The molecule has 0 radical (unpaired) electrons. The fourth-order valence-electron chi connectivity index (χ4n) is 2.88. The minimum absolute atomic E-state index is 0.195. The van der Waals surface area contributed by atoms with Crippen molar-refractivity contribution in [2.45, 2.75) is 103 Å². The quantitative estimate of drug-likeness (QED) is 0.281. The van der Waals surface area contributed by atoms with Gasteiger partial charge in [-0.25, -0.2) is 0 Å². The zero-order valence-corrected chi connectivity index (χ0v) is 21.1. The minimum atomic E-state index is -1.83. The zero-order valence-electron chi connectivity index (χ0n) is 19.3. The summed E-state index contributed by atoms with van der Waals surface area (Å²) >= 11 is 1.83. The van der Waals surface area contributed by atoms with Crippen LogP contribution in [0.25, 0.3) is 0 Å². The Labute approximate surface area is 178 Å². The fourth-order valence-corrected chi connectivity index (χ4v) is 4.93. The second-order valence-corrected chi connectivity index (χ2v) is 15.8. The van der Waals surface area contributed by atoms with Crippen molar-refractivity contribution in [2.24, 2.45) is 0 Å². The van der Waals surface area contributed by atoms with Crippen LogP contribution >= 0.6 is 11.3 Å². The van der Waals surface area contributed by atoms with Gasteiger partial charge >= 0.3 is 15.4 Å². The summed E-state index contributed by atoms with van der Waals surface area (Å²) in [5.74, 6) is 0. The second kappa shape index (κ2) is 8.85. The molecule has 2 rings (SSSR count). The van der Waals surface area contributed by atoms with Gasteiger partial charge in [-0.3, -0.25) is 0 Å². The van der Waals surface area contributed by atoms with E-state index in [1.54, 1.807) is 0 Å². The van der Waals surface area contributed by atoms with Gasteiger partial charge in [-0.2, -0.15) is 0 Å². The topological polar surface area (TPSA) is 27.7 Å². The highest BCUT2D eigenvalue weighted by atomic mass is 32.1. The van der Waals surface area contributed by atoms with E-state index < -0.39 is 8.32 Å². The number of thiophene rings is 1. The van der Waals surface area contributed by atoms with Crippen molar-refractivity contribution in [2.75, 3.05) is 6.61 Å².